The van der Waals surface area contributed by atoms with Crippen LogP contribution in [0, 0.1) is 0 Å². The summed E-state index contributed by atoms with van der Waals surface area (Å²) in [6, 6.07) is 3.87. The van der Waals surface area contributed by atoms with Gasteiger partial charge in [-0.3, -0.25) is 4.79 Å². The maximum absolute atomic E-state index is 12.2. The zero-order valence-electron chi connectivity index (χ0n) is 11.1. The lowest BCUT2D eigenvalue weighted by atomic mass is 9.92. The molecule has 2 atom stereocenters. The van der Waals surface area contributed by atoms with Gasteiger partial charge in [-0.15, -0.1) is 0 Å². The molecule has 4 heteroatoms. The number of aromatic nitrogens is 1. The number of hydrogen-bond donors (Lipinski definition) is 2. The Hall–Kier alpha value is -1.29. The second-order valence-corrected chi connectivity index (χ2v) is 5.33. The van der Waals surface area contributed by atoms with E-state index in [0.717, 1.165) is 25.7 Å². The monoisotopic (exact) mass is 250 g/mol. The fourth-order valence-electron chi connectivity index (χ4n) is 2.56. The van der Waals surface area contributed by atoms with E-state index in [1.165, 1.54) is 0 Å². The van der Waals surface area contributed by atoms with Gasteiger partial charge in [0.15, 0.2) is 0 Å². The normalized spacial score (nSPS) is 24.2. The van der Waals surface area contributed by atoms with E-state index in [2.05, 4.69) is 5.32 Å². The molecule has 1 heterocycles. The summed E-state index contributed by atoms with van der Waals surface area (Å²) in [6.45, 7) is 4.10. The van der Waals surface area contributed by atoms with Crippen LogP contribution < -0.4 is 5.32 Å². The van der Waals surface area contributed by atoms with E-state index in [-0.39, 0.29) is 18.0 Å². The molecule has 0 spiro atoms. The number of aliphatic hydroxyl groups excluding tert-OH is 1. The summed E-state index contributed by atoms with van der Waals surface area (Å²) in [7, 11) is 0. The Morgan fingerprint density at radius 3 is 2.83 bits per heavy atom. The summed E-state index contributed by atoms with van der Waals surface area (Å²) in [5.41, 5.74) is 0.669. The van der Waals surface area contributed by atoms with Crippen LogP contribution >= 0.6 is 0 Å². The molecule has 1 amide bonds. The zero-order chi connectivity index (χ0) is 13.1. The maximum Gasteiger partial charge on any atom is 0.268 e. The molecule has 2 N–H and O–H groups in total. The molecule has 1 aromatic rings. The fourth-order valence-corrected chi connectivity index (χ4v) is 2.56. The van der Waals surface area contributed by atoms with Crippen LogP contribution in [0.3, 0.4) is 0 Å². The van der Waals surface area contributed by atoms with Crippen LogP contribution in [-0.2, 0) is 0 Å². The minimum absolute atomic E-state index is 0.0837. The Bertz CT molecular complexity index is 412. The number of carbonyl (C=O) groups excluding carboxylic acids is 1. The van der Waals surface area contributed by atoms with E-state index >= 15 is 0 Å². The highest BCUT2D eigenvalue weighted by atomic mass is 16.3. The summed E-state index contributed by atoms with van der Waals surface area (Å²) >= 11 is 0. The fraction of sp³-hybridized carbons (Fsp3) is 0.643. The van der Waals surface area contributed by atoms with Gasteiger partial charge in [0.2, 0.25) is 0 Å². The number of nitrogens with one attached hydrogen (secondary N) is 1. The molecule has 0 aromatic carbocycles. The van der Waals surface area contributed by atoms with E-state index in [0.29, 0.717) is 5.69 Å². The van der Waals surface area contributed by atoms with Crippen molar-refractivity contribution in [3.05, 3.63) is 24.0 Å². The summed E-state index contributed by atoms with van der Waals surface area (Å²) in [5, 5.41) is 12.8. The van der Waals surface area contributed by atoms with Crippen LogP contribution in [0.4, 0.5) is 0 Å². The van der Waals surface area contributed by atoms with Crippen LogP contribution in [0.1, 0.15) is 56.1 Å². The van der Waals surface area contributed by atoms with Gasteiger partial charge in [-0.05, 0) is 38.8 Å². The SMILES string of the molecule is CC(C)n1cccc1C(=O)NC1CCCCC1O. The van der Waals surface area contributed by atoms with Gasteiger partial charge < -0.3 is 15.0 Å². The van der Waals surface area contributed by atoms with Crippen molar-refractivity contribution in [1.29, 1.82) is 0 Å². The molecule has 2 unspecified atom stereocenters. The molecule has 0 radical (unpaired) electrons. The Labute approximate surface area is 108 Å². The van der Waals surface area contributed by atoms with Gasteiger partial charge in [0, 0.05) is 12.2 Å². The average Bonchev–Trinajstić information content (AvgIpc) is 2.81. The minimum Gasteiger partial charge on any atom is -0.391 e. The van der Waals surface area contributed by atoms with Crippen molar-refractivity contribution in [1.82, 2.24) is 9.88 Å². The van der Waals surface area contributed by atoms with E-state index in [1.54, 1.807) is 0 Å². The number of nitrogens with zero attached hydrogens (tertiary/aromatic N) is 1. The van der Waals surface area contributed by atoms with Crippen molar-refractivity contribution in [2.45, 2.75) is 57.7 Å². The highest BCUT2D eigenvalue weighted by Gasteiger charge is 2.25. The summed E-state index contributed by atoms with van der Waals surface area (Å²) < 4.78 is 1.95. The molecular weight excluding hydrogens is 228 g/mol. The van der Waals surface area contributed by atoms with E-state index in [9.17, 15) is 9.90 Å². The Morgan fingerprint density at radius 1 is 1.44 bits per heavy atom. The van der Waals surface area contributed by atoms with Crippen LogP contribution in [0.5, 0.6) is 0 Å². The van der Waals surface area contributed by atoms with Crippen molar-refractivity contribution in [3.63, 3.8) is 0 Å². The Balaban J connectivity index is 2.05. The van der Waals surface area contributed by atoms with Crippen LogP contribution in [0.15, 0.2) is 18.3 Å². The lowest BCUT2D eigenvalue weighted by Crippen LogP contribution is -2.45. The molecule has 100 valence electrons. The second-order valence-electron chi connectivity index (χ2n) is 5.33. The van der Waals surface area contributed by atoms with Gasteiger partial charge in [0.05, 0.1) is 12.1 Å². The Kier molecular flexibility index (Phi) is 4.07. The quantitative estimate of drug-likeness (QED) is 0.863. The van der Waals surface area contributed by atoms with Crippen molar-refractivity contribution in [3.8, 4) is 0 Å². The van der Waals surface area contributed by atoms with Crippen LogP contribution in [0.25, 0.3) is 0 Å². The van der Waals surface area contributed by atoms with E-state index in [1.807, 2.05) is 36.7 Å². The third-order valence-corrected chi connectivity index (χ3v) is 3.61. The minimum atomic E-state index is -0.398. The van der Waals surface area contributed by atoms with Gasteiger partial charge in [-0.2, -0.15) is 0 Å². The topological polar surface area (TPSA) is 54.3 Å². The second kappa shape index (κ2) is 5.57. The number of rotatable bonds is 3. The molecule has 0 bridgehead atoms. The summed E-state index contributed by atoms with van der Waals surface area (Å²) in [6.07, 6.45) is 5.30. The van der Waals surface area contributed by atoms with Crippen molar-refractivity contribution in [2.24, 2.45) is 0 Å². The molecule has 18 heavy (non-hydrogen) atoms. The van der Waals surface area contributed by atoms with E-state index in [4.69, 9.17) is 0 Å². The molecule has 0 saturated heterocycles. The predicted octanol–water partition coefficient (Wildman–Crippen LogP) is 2.10. The van der Waals surface area contributed by atoms with Crippen LogP contribution in [0.2, 0.25) is 0 Å². The number of hydrogen-bond acceptors (Lipinski definition) is 2. The third kappa shape index (κ3) is 2.75. The first-order chi connectivity index (χ1) is 8.59. The molecule has 2 rings (SSSR count). The molecular formula is C14H22N2O2. The van der Waals surface area contributed by atoms with Gasteiger partial charge >= 0.3 is 0 Å². The number of amides is 1. The average molecular weight is 250 g/mol. The lowest BCUT2D eigenvalue weighted by molar-refractivity contribution is 0.0710. The molecule has 1 aromatic heterocycles. The van der Waals surface area contributed by atoms with Crippen molar-refractivity contribution in [2.75, 3.05) is 0 Å². The van der Waals surface area contributed by atoms with Gasteiger partial charge in [-0.25, -0.2) is 0 Å². The highest BCUT2D eigenvalue weighted by Crippen LogP contribution is 2.19. The predicted molar refractivity (Wildman–Crippen MR) is 70.5 cm³/mol. The highest BCUT2D eigenvalue weighted by molar-refractivity contribution is 5.93. The van der Waals surface area contributed by atoms with Gasteiger partial charge in [-0.1, -0.05) is 12.8 Å². The molecule has 1 saturated carbocycles. The number of aliphatic hydroxyl groups is 1. The first-order valence-corrected chi connectivity index (χ1v) is 6.75. The molecule has 1 aliphatic carbocycles. The summed E-state index contributed by atoms with van der Waals surface area (Å²) in [4.78, 5) is 12.2. The third-order valence-electron chi connectivity index (χ3n) is 3.61. The molecule has 1 fully saturated rings. The van der Waals surface area contributed by atoms with Crippen molar-refractivity contribution >= 4 is 5.91 Å². The first kappa shape index (κ1) is 13.1. The smallest absolute Gasteiger partial charge is 0.268 e. The first-order valence-electron chi connectivity index (χ1n) is 6.75. The molecule has 4 nitrogen and oxygen atoms in total. The Morgan fingerprint density at radius 2 is 2.17 bits per heavy atom. The molecule has 1 aliphatic rings. The lowest BCUT2D eigenvalue weighted by Gasteiger charge is -2.28. The largest absolute Gasteiger partial charge is 0.391 e. The summed E-state index contributed by atoms with van der Waals surface area (Å²) in [5.74, 6) is -0.0837. The van der Waals surface area contributed by atoms with E-state index < -0.39 is 6.10 Å². The zero-order valence-corrected chi connectivity index (χ0v) is 11.1. The van der Waals surface area contributed by atoms with Gasteiger partial charge in [0.25, 0.3) is 5.91 Å². The van der Waals surface area contributed by atoms with Gasteiger partial charge in [0.1, 0.15) is 5.69 Å². The van der Waals surface area contributed by atoms with Crippen LogP contribution in [-0.4, -0.2) is 27.7 Å². The number of carbonyl (C=O) groups is 1. The standard InChI is InChI=1S/C14H22N2O2/c1-10(2)16-9-5-7-12(16)14(18)15-11-6-3-4-8-13(11)17/h5,7,9-11,13,17H,3-4,6,8H2,1-2H3,(H,15,18). The maximum atomic E-state index is 12.2. The van der Waals surface area contributed by atoms with Crippen molar-refractivity contribution < 1.29 is 9.90 Å². The molecule has 0 aliphatic heterocycles.